The summed E-state index contributed by atoms with van der Waals surface area (Å²) in [5.74, 6) is 0.125. The molecular weight excluding hydrogens is 475 g/mol. The Bertz CT molecular complexity index is 1210. The van der Waals surface area contributed by atoms with Crippen molar-refractivity contribution in [2.45, 2.75) is 25.9 Å². The van der Waals surface area contributed by atoms with Crippen LogP contribution in [0.3, 0.4) is 0 Å². The number of hydrogen-bond acceptors (Lipinski definition) is 4. The van der Waals surface area contributed by atoms with E-state index in [4.69, 9.17) is 32.4 Å². The molecule has 0 spiro atoms. The van der Waals surface area contributed by atoms with E-state index in [1.54, 1.807) is 42.5 Å². The number of furan rings is 1. The van der Waals surface area contributed by atoms with Gasteiger partial charge in [0.15, 0.2) is 0 Å². The minimum Gasteiger partial charge on any atom is -0.457 e. The molecule has 1 atom stereocenters. The normalized spacial score (nSPS) is 15.9. The Kier molecular flexibility index (Phi) is 7.73. The molecule has 8 heteroatoms. The van der Waals surface area contributed by atoms with Crippen LogP contribution < -0.4 is 10.6 Å². The maximum absolute atomic E-state index is 13.0. The highest BCUT2D eigenvalue weighted by Crippen LogP contribution is 2.30. The fraction of sp³-hybridized carbons (Fsp3) is 0.231. The topological polar surface area (TPSA) is 80.6 Å². The van der Waals surface area contributed by atoms with E-state index in [-0.39, 0.29) is 11.8 Å². The first kappa shape index (κ1) is 24.1. The zero-order valence-electron chi connectivity index (χ0n) is 18.6. The first-order valence-electron chi connectivity index (χ1n) is 10.9. The molecule has 1 aliphatic rings. The van der Waals surface area contributed by atoms with Gasteiger partial charge in [0.1, 0.15) is 17.2 Å². The molecule has 34 heavy (non-hydrogen) atoms. The van der Waals surface area contributed by atoms with Gasteiger partial charge in [0.2, 0.25) is 0 Å². The molecule has 0 aliphatic carbocycles. The van der Waals surface area contributed by atoms with Gasteiger partial charge in [-0.3, -0.25) is 9.59 Å². The lowest BCUT2D eigenvalue weighted by molar-refractivity contribution is -0.118. The zero-order valence-corrected chi connectivity index (χ0v) is 20.1. The first-order valence-corrected chi connectivity index (χ1v) is 11.7. The van der Waals surface area contributed by atoms with Crippen molar-refractivity contribution in [2.75, 3.05) is 13.2 Å². The highest BCUT2D eigenvalue weighted by Gasteiger charge is 2.20. The van der Waals surface area contributed by atoms with Crippen LogP contribution in [0.15, 0.2) is 64.7 Å². The molecule has 3 aromatic rings. The zero-order chi connectivity index (χ0) is 24.1. The number of halogens is 2. The van der Waals surface area contributed by atoms with Gasteiger partial charge in [0, 0.05) is 30.4 Å². The van der Waals surface area contributed by atoms with Gasteiger partial charge in [0.25, 0.3) is 11.8 Å². The molecule has 1 aliphatic heterocycles. The fourth-order valence-electron chi connectivity index (χ4n) is 3.54. The average Bonchev–Trinajstić information content (AvgIpc) is 3.51. The SMILES string of the molecule is Cc1ccc(C(=O)N/C(=C/c2ccc(-c3ccc(Cl)c(Cl)c3)o2)C(=O)NC[C@H]2CCCO2)cc1. The van der Waals surface area contributed by atoms with Crippen molar-refractivity contribution < 1.29 is 18.7 Å². The molecule has 2 aromatic carbocycles. The molecule has 2 N–H and O–H groups in total. The molecule has 2 heterocycles. The number of aryl methyl sites for hydroxylation is 1. The smallest absolute Gasteiger partial charge is 0.268 e. The summed E-state index contributed by atoms with van der Waals surface area (Å²) in [6.45, 7) is 2.99. The Morgan fingerprint density at radius 3 is 2.56 bits per heavy atom. The van der Waals surface area contributed by atoms with Crippen molar-refractivity contribution in [3.63, 3.8) is 0 Å². The van der Waals surface area contributed by atoms with Crippen molar-refractivity contribution in [1.82, 2.24) is 10.6 Å². The van der Waals surface area contributed by atoms with Crippen LogP contribution in [0.1, 0.15) is 34.5 Å². The van der Waals surface area contributed by atoms with E-state index in [1.165, 1.54) is 6.08 Å². The van der Waals surface area contributed by atoms with E-state index < -0.39 is 11.8 Å². The monoisotopic (exact) mass is 498 g/mol. The Hall–Kier alpha value is -3.06. The van der Waals surface area contributed by atoms with Crippen LogP contribution in [0, 0.1) is 6.92 Å². The van der Waals surface area contributed by atoms with Crippen LogP contribution in [0.25, 0.3) is 17.4 Å². The van der Waals surface area contributed by atoms with Crippen molar-refractivity contribution in [1.29, 1.82) is 0 Å². The van der Waals surface area contributed by atoms with Gasteiger partial charge in [0.05, 0.1) is 16.1 Å². The van der Waals surface area contributed by atoms with Gasteiger partial charge in [-0.2, -0.15) is 0 Å². The van der Waals surface area contributed by atoms with Crippen LogP contribution in [0.5, 0.6) is 0 Å². The molecule has 6 nitrogen and oxygen atoms in total. The molecule has 0 unspecified atom stereocenters. The molecule has 0 bridgehead atoms. The number of ether oxygens (including phenoxy) is 1. The van der Waals surface area contributed by atoms with Crippen LogP contribution >= 0.6 is 23.2 Å². The molecule has 4 rings (SSSR count). The highest BCUT2D eigenvalue weighted by molar-refractivity contribution is 6.42. The van der Waals surface area contributed by atoms with Crippen LogP contribution in [-0.2, 0) is 9.53 Å². The Morgan fingerprint density at radius 1 is 1.06 bits per heavy atom. The van der Waals surface area contributed by atoms with Gasteiger partial charge >= 0.3 is 0 Å². The lowest BCUT2D eigenvalue weighted by atomic mass is 10.1. The van der Waals surface area contributed by atoms with E-state index >= 15 is 0 Å². The molecule has 0 saturated carbocycles. The summed E-state index contributed by atoms with van der Waals surface area (Å²) in [6.07, 6.45) is 3.33. The van der Waals surface area contributed by atoms with E-state index in [0.29, 0.717) is 40.3 Å². The summed E-state index contributed by atoms with van der Waals surface area (Å²) in [7, 11) is 0. The van der Waals surface area contributed by atoms with Gasteiger partial charge < -0.3 is 19.8 Å². The number of amides is 2. The number of rotatable bonds is 7. The maximum Gasteiger partial charge on any atom is 0.268 e. The maximum atomic E-state index is 13.0. The number of hydrogen-bond donors (Lipinski definition) is 2. The first-order chi connectivity index (χ1) is 16.4. The van der Waals surface area contributed by atoms with Crippen LogP contribution in [-0.4, -0.2) is 31.1 Å². The standard InChI is InChI=1S/C26H24Cl2N2O4/c1-16-4-6-17(7-5-16)25(31)30-23(26(32)29-15-20-3-2-12-33-20)14-19-9-11-24(34-19)18-8-10-21(27)22(28)13-18/h4-11,13-14,20H,2-3,12,15H2,1H3,(H,29,32)(H,30,31)/b23-14+/t20-/m1/s1. The second-order valence-corrected chi connectivity index (χ2v) is 8.87. The summed E-state index contributed by atoms with van der Waals surface area (Å²) in [4.78, 5) is 25.8. The third kappa shape index (κ3) is 6.08. The molecule has 1 fully saturated rings. The number of benzene rings is 2. The van der Waals surface area contributed by atoms with Crippen molar-refractivity contribution >= 4 is 41.1 Å². The Labute approximate surface area is 207 Å². The summed E-state index contributed by atoms with van der Waals surface area (Å²) in [5, 5.41) is 6.41. The van der Waals surface area contributed by atoms with Crippen molar-refractivity contribution in [3.05, 3.63) is 87.2 Å². The second-order valence-electron chi connectivity index (χ2n) is 8.05. The lowest BCUT2D eigenvalue weighted by Gasteiger charge is -2.13. The summed E-state index contributed by atoms with van der Waals surface area (Å²) in [6, 6.07) is 15.7. The number of nitrogens with one attached hydrogen (secondary N) is 2. The van der Waals surface area contributed by atoms with E-state index in [2.05, 4.69) is 10.6 Å². The number of carbonyl (C=O) groups excluding carboxylic acids is 2. The summed E-state index contributed by atoms with van der Waals surface area (Å²) < 4.78 is 11.5. The van der Waals surface area contributed by atoms with E-state index in [9.17, 15) is 9.59 Å². The molecular formula is C26H24Cl2N2O4. The molecule has 176 valence electrons. The van der Waals surface area contributed by atoms with Crippen molar-refractivity contribution in [3.8, 4) is 11.3 Å². The van der Waals surface area contributed by atoms with E-state index in [0.717, 1.165) is 24.0 Å². The lowest BCUT2D eigenvalue weighted by Crippen LogP contribution is -2.38. The van der Waals surface area contributed by atoms with Gasteiger partial charge in [-0.25, -0.2) is 0 Å². The van der Waals surface area contributed by atoms with Crippen LogP contribution in [0.2, 0.25) is 10.0 Å². The minimum absolute atomic E-state index is 0.0251. The third-order valence-electron chi connectivity index (χ3n) is 5.44. The molecule has 1 saturated heterocycles. The van der Waals surface area contributed by atoms with E-state index in [1.807, 2.05) is 19.1 Å². The predicted molar refractivity (Wildman–Crippen MR) is 133 cm³/mol. The molecule has 0 radical (unpaired) electrons. The molecule has 1 aromatic heterocycles. The third-order valence-corrected chi connectivity index (χ3v) is 6.18. The van der Waals surface area contributed by atoms with Gasteiger partial charge in [-0.05, 0) is 62.2 Å². The Balaban J connectivity index is 1.56. The highest BCUT2D eigenvalue weighted by atomic mass is 35.5. The average molecular weight is 499 g/mol. The fourth-order valence-corrected chi connectivity index (χ4v) is 3.84. The quantitative estimate of drug-likeness (QED) is 0.413. The number of carbonyl (C=O) groups is 2. The summed E-state index contributed by atoms with van der Waals surface area (Å²) in [5.41, 5.74) is 2.28. The molecule has 2 amide bonds. The second kappa shape index (κ2) is 10.9. The predicted octanol–water partition coefficient (Wildman–Crippen LogP) is 5.63. The minimum atomic E-state index is -0.427. The largest absolute Gasteiger partial charge is 0.457 e. The van der Waals surface area contributed by atoms with Crippen LogP contribution in [0.4, 0.5) is 0 Å². The van der Waals surface area contributed by atoms with Gasteiger partial charge in [-0.1, -0.05) is 40.9 Å². The Morgan fingerprint density at radius 2 is 1.85 bits per heavy atom. The summed E-state index contributed by atoms with van der Waals surface area (Å²) >= 11 is 12.1. The van der Waals surface area contributed by atoms with Gasteiger partial charge in [-0.15, -0.1) is 0 Å². The van der Waals surface area contributed by atoms with Crippen molar-refractivity contribution in [2.24, 2.45) is 0 Å².